The maximum atomic E-state index is 6.09. The van der Waals surface area contributed by atoms with Crippen molar-refractivity contribution in [2.75, 3.05) is 26.2 Å². The highest BCUT2D eigenvalue weighted by Crippen LogP contribution is 2.35. The van der Waals surface area contributed by atoms with E-state index in [1.165, 1.54) is 62.8 Å². The Balaban J connectivity index is 1.29. The van der Waals surface area contributed by atoms with Gasteiger partial charge in [-0.2, -0.15) is 0 Å². The molecule has 1 saturated heterocycles. The van der Waals surface area contributed by atoms with Crippen molar-refractivity contribution in [2.45, 2.75) is 90.6 Å². The highest BCUT2D eigenvalue weighted by Gasteiger charge is 2.36. The molecule has 1 unspecified atom stereocenters. The van der Waals surface area contributed by atoms with E-state index in [1.54, 1.807) is 0 Å². The summed E-state index contributed by atoms with van der Waals surface area (Å²) in [6.45, 7) is 11.2. The summed E-state index contributed by atoms with van der Waals surface area (Å²) in [5.41, 5.74) is 1.42. The molecule has 0 aromatic heterocycles. The molecule has 1 saturated carbocycles. The lowest BCUT2D eigenvalue weighted by Gasteiger charge is -2.33. The van der Waals surface area contributed by atoms with Gasteiger partial charge in [0.05, 0.1) is 11.9 Å². The zero-order valence-electron chi connectivity index (χ0n) is 21.7. The van der Waals surface area contributed by atoms with Crippen LogP contribution in [-0.4, -0.2) is 53.0 Å². The van der Waals surface area contributed by atoms with E-state index in [-0.39, 0.29) is 0 Å². The third kappa shape index (κ3) is 6.53. The van der Waals surface area contributed by atoms with Crippen molar-refractivity contribution in [3.8, 4) is 0 Å². The summed E-state index contributed by atoms with van der Waals surface area (Å²) in [5.74, 6) is 3.48. The van der Waals surface area contributed by atoms with Crippen LogP contribution < -0.4 is 5.32 Å². The molecular formula is C29H46N4S. The van der Waals surface area contributed by atoms with Crippen LogP contribution in [0.4, 0.5) is 0 Å². The van der Waals surface area contributed by atoms with E-state index in [0.717, 1.165) is 49.5 Å². The van der Waals surface area contributed by atoms with Crippen molar-refractivity contribution in [3.05, 3.63) is 35.9 Å². The summed E-state index contributed by atoms with van der Waals surface area (Å²) in [7, 11) is 0. The third-order valence-corrected chi connectivity index (χ3v) is 8.97. The van der Waals surface area contributed by atoms with Gasteiger partial charge in [-0.25, -0.2) is 0 Å². The monoisotopic (exact) mass is 482 g/mol. The molecule has 0 bridgehead atoms. The second-order valence-corrected chi connectivity index (χ2v) is 11.5. The minimum absolute atomic E-state index is 0.405. The molecule has 188 valence electrons. The Bertz CT molecular complexity index is 802. The number of nitrogens with zero attached hydrogens (tertiary/aromatic N) is 3. The van der Waals surface area contributed by atoms with Crippen molar-refractivity contribution in [3.63, 3.8) is 0 Å². The van der Waals surface area contributed by atoms with E-state index in [4.69, 9.17) is 17.2 Å². The molecule has 5 heteroatoms. The van der Waals surface area contributed by atoms with Gasteiger partial charge >= 0.3 is 0 Å². The average Bonchev–Trinajstić information content (AvgIpc) is 3.18. The van der Waals surface area contributed by atoms with Crippen LogP contribution in [0.1, 0.15) is 90.2 Å². The van der Waals surface area contributed by atoms with Gasteiger partial charge in [0.25, 0.3) is 0 Å². The van der Waals surface area contributed by atoms with Crippen molar-refractivity contribution < 1.29 is 0 Å². The summed E-state index contributed by atoms with van der Waals surface area (Å²) in [4.78, 5) is 9.79. The maximum absolute atomic E-state index is 6.09. The smallest absolute Gasteiger partial charge is 0.172 e. The lowest BCUT2D eigenvalue weighted by Crippen LogP contribution is -2.42. The van der Waals surface area contributed by atoms with Gasteiger partial charge < -0.3 is 15.1 Å². The van der Waals surface area contributed by atoms with Crippen LogP contribution in [0, 0.1) is 17.8 Å². The SMILES string of the molecule is CCC(C)C1=NCC[C@H](CCCCN2C[C@@H](c3ccccc3)N(CC3CCC(C)CC3)C2=S)N1. The number of hydrogen-bond acceptors (Lipinski definition) is 3. The number of aliphatic imine (C=N–C) groups is 1. The van der Waals surface area contributed by atoms with Crippen molar-refractivity contribution in [1.29, 1.82) is 0 Å². The first-order chi connectivity index (χ1) is 16.5. The first kappa shape index (κ1) is 25.5. The normalized spacial score (nSPS) is 28.6. The Kier molecular flexibility index (Phi) is 9.27. The predicted molar refractivity (Wildman–Crippen MR) is 148 cm³/mol. The maximum Gasteiger partial charge on any atom is 0.172 e. The Hall–Kier alpha value is -1.62. The number of thiocarbonyl (C=S) groups is 1. The number of rotatable bonds is 10. The fourth-order valence-corrected chi connectivity index (χ4v) is 6.28. The van der Waals surface area contributed by atoms with E-state index >= 15 is 0 Å². The summed E-state index contributed by atoms with van der Waals surface area (Å²) in [6, 6.07) is 12.1. The fourth-order valence-electron chi connectivity index (χ4n) is 5.91. The van der Waals surface area contributed by atoms with Crippen LogP contribution in [0.2, 0.25) is 0 Å². The minimum atomic E-state index is 0.405. The van der Waals surface area contributed by atoms with E-state index in [0.29, 0.717) is 18.0 Å². The molecule has 2 fully saturated rings. The highest BCUT2D eigenvalue weighted by molar-refractivity contribution is 7.80. The Morgan fingerprint density at radius 3 is 2.59 bits per heavy atom. The number of benzene rings is 1. The van der Waals surface area contributed by atoms with Gasteiger partial charge in [0.15, 0.2) is 5.11 Å². The molecule has 1 aliphatic carbocycles. The van der Waals surface area contributed by atoms with Gasteiger partial charge in [0.1, 0.15) is 0 Å². The largest absolute Gasteiger partial charge is 0.371 e. The Morgan fingerprint density at radius 1 is 1.09 bits per heavy atom. The second-order valence-electron chi connectivity index (χ2n) is 11.1. The lowest BCUT2D eigenvalue weighted by molar-refractivity contribution is 0.223. The molecule has 1 aromatic rings. The molecule has 3 atom stereocenters. The van der Waals surface area contributed by atoms with Crippen LogP contribution in [-0.2, 0) is 0 Å². The quantitative estimate of drug-likeness (QED) is 0.307. The number of hydrogen-bond donors (Lipinski definition) is 1. The number of nitrogens with one attached hydrogen (secondary N) is 1. The molecule has 1 aromatic carbocycles. The van der Waals surface area contributed by atoms with Crippen LogP contribution in [0.15, 0.2) is 35.3 Å². The van der Waals surface area contributed by atoms with E-state index in [1.807, 2.05) is 0 Å². The number of unbranched alkanes of at least 4 members (excludes halogenated alkanes) is 1. The Morgan fingerprint density at radius 2 is 1.85 bits per heavy atom. The van der Waals surface area contributed by atoms with Gasteiger partial charge in [-0.15, -0.1) is 0 Å². The average molecular weight is 483 g/mol. The first-order valence-electron chi connectivity index (χ1n) is 14.0. The van der Waals surface area contributed by atoms with Crippen molar-refractivity contribution in [2.24, 2.45) is 22.7 Å². The Labute approximate surface area is 213 Å². The number of amidine groups is 1. The van der Waals surface area contributed by atoms with Crippen molar-refractivity contribution in [1.82, 2.24) is 15.1 Å². The molecule has 2 heterocycles. The van der Waals surface area contributed by atoms with Crippen LogP contribution in [0.5, 0.6) is 0 Å². The molecule has 2 aliphatic heterocycles. The van der Waals surface area contributed by atoms with Crippen LogP contribution in [0.3, 0.4) is 0 Å². The standard InChI is InChI=1S/C29H46N4S/c1-4-23(3)28-30-18-17-26(31-28)12-8-9-19-32-21-27(25-10-6-5-7-11-25)33(29(32)34)20-24-15-13-22(2)14-16-24/h5-7,10-11,22-24,26-27H,4,8-9,12-21H2,1-3H3,(H,30,31)/t22?,23?,24?,26-,27-/m0/s1. The van der Waals surface area contributed by atoms with E-state index < -0.39 is 0 Å². The fraction of sp³-hybridized carbons (Fsp3) is 0.724. The highest BCUT2D eigenvalue weighted by atomic mass is 32.1. The molecule has 34 heavy (non-hydrogen) atoms. The second kappa shape index (κ2) is 12.4. The van der Waals surface area contributed by atoms with E-state index in [9.17, 15) is 0 Å². The summed E-state index contributed by atoms with van der Waals surface area (Å²) in [5, 5.41) is 4.82. The minimum Gasteiger partial charge on any atom is -0.371 e. The lowest BCUT2D eigenvalue weighted by atomic mass is 9.82. The van der Waals surface area contributed by atoms with Gasteiger partial charge in [-0.05, 0) is 74.6 Å². The molecule has 0 amide bonds. The van der Waals surface area contributed by atoms with Crippen molar-refractivity contribution >= 4 is 23.2 Å². The van der Waals surface area contributed by atoms with Gasteiger partial charge in [-0.3, -0.25) is 4.99 Å². The third-order valence-electron chi connectivity index (χ3n) is 8.48. The van der Waals surface area contributed by atoms with Gasteiger partial charge in [0.2, 0.25) is 0 Å². The van der Waals surface area contributed by atoms with Gasteiger partial charge in [-0.1, -0.05) is 63.9 Å². The summed E-state index contributed by atoms with van der Waals surface area (Å²) < 4.78 is 0. The molecule has 0 spiro atoms. The molecule has 0 radical (unpaired) electrons. The van der Waals surface area contributed by atoms with Crippen LogP contribution >= 0.6 is 12.2 Å². The zero-order valence-corrected chi connectivity index (χ0v) is 22.5. The zero-order chi connectivity index (χ0) is 23.9. The summed E-state index contributed by atoms with van der Waals surface area (Å²) in [6.07, 6.45) is 11.5. The van der Waals surface area contributed by atoms with Gasteiger partial charge in [0, 0.05) is 38.1 Å². The molecule has 4 rings (SSSR count). The first-order valence-corrected chi connectivity index (χ1v) is 14.4. The molecule has 3 aliphatic rings. The molecule has 1 N–H and O–H groups in total. The molecule has 4 nitrogen and oxygen atoms in total. The van der Waals surface area contributed by atoms with Crippen LogP contribution in [0.25, 0.3) is 0 Å². The summed E-state index contributed by atoms with van der Waals surface area (Å²) >= 11 is 6.09. The predicted octanol–water partition coefficient (Wildman–Crippen LogP) is 6.43. The molecular weight excluding hydrogens is 436 g/mol. The topological polar surface area (TPSA) is 30.9 Å². The van der Waals surface area contributed by atoms with E-state index in [2.05, 4.69) is 66.2 Å².